The van der Waals surface area contributed by atoms with Crippen LogP contribution in [-0.4, -0.2) is 23.5 Å². The lowest BCUT2D eigenvalue weighted by Gasteiger charge is -2.08. The number of halogens is 2. The number of nitrogens with two attached hydrogens (primary N) is 1. The van der Waals surface area contributed by atoms with Crippen molar-refractivity contribution in [3.63, 3.8) is 0 Å². The number of carbonyl (C=O) groups excluding carboxylic acids is 1. The van der Waals surface area contributed by atoms with Crippen LogP contribution in [0.2, 0.25) is 0 Å². The van der Waals surface area contributed by atoms with Crippen molar-refractivity contribution >= 4 is 36.5 Å². The molecule has 3 N–H and O–H groups in total. The first kappa shape index (κ1) is 21.2. The highest BCUT2D eigenvalue weighted by molar-refractivity contribution is 5.90. The molecule has 25 heavy (non-hydrogen) atoms. The van der Waals surface area contributed by atoms with Gasteiger partial charge in [0.25, 0.3) is 0 Å². The Labute approximate surface area is 160 Å². The molecule has 1 amide bonds. The zero-order valence-corrected chi connectivity index (χ0v) is 15.7. The van der Waals surface area contributed by atoms with Crippen molar-refractivity contribution < 1.29 is 9.53 Å². The van der Waals surface area contributed by atoms with E-state index in [-0.39, 0.29) is 36.8 Å². The van der Waals surface area contributed by atoms with Gasteiger partial charge in [0.15, 0.2) is 0 Å². The molecule has 1 aromatic heterocycles. The number of carbonyl (C=O) groups is 1. The van der Waals surface area contributed by atoms with Crippen molar-refractivity contribution in [1.82, 2.24) is 4.98 Å². The monoisotopic (exact) mass is 383 g/mol. The Morgan fingerprint density at radius 1 is 1.32 bits per heavy atom. The molecular weight excluding hydrogens is 361 g/mol. The maximum atomic E-state index is 11.9. The van der Waals surface area contributed by atoms with Crippen LogP contribution in [0.4, 0.5) is 5.82 Å². The molecule has 1 aliphatic heterocycles. The van der Waals surface area contributed by atoms with Crippen LogP contribution in [0.3, 0.4) is 0 Å². The number of fused-ring (bicyclic) bond motifs is 1. The van der Waals surface area contributed by atoms with E-state index >= 15 is 0 Å². The molecule has 3 rings (SSSR count). The normalized spacial score (nSPS) is 12.9. The highest BCUT2D eigenvalue weighted by atomic mass is 35.5. The molecule has 1 aliphatic rings. The van der Waals surface area contributed by atoms with E-state index in [0.29, 0.717) is 18.7 Å². The summed E-state index contributed by atoms with van der Waals surface area (Å²) in [6.07, 6.45) is 1.99. The molecule has 0 spiro atoms. The van der Waals surface area contributed by atoms with E-state index in [2.05, 4.69) is 16.4 Å². The fourth-order valence-electron chi connectivity index (χ4n) is 2.58. The molecule has 1 aromatic carbocycles. The van der Waals surface area contributed by atoms with E-state index in [0.717, 1.165) is 30.0 Å². The number of pyridine rings is 1. The molecule has 0 radical (unpaired) electrons. The summed E-state index contributed by atoms with van der Waals surface area (Å²) in [5, 5.41) is 2.83. The Balaban J connectivity index is 0.00000156. The van der Waals surface area contributed by atoms with Crippen LogP contribution in [0.25, 0.3) is 11.3 Å². The lowest BCUT2D eigenvalue weighted by Crippen LogP contribution is -2.19. The first-order valence-electron chi connectivity index (χ1n) is 7.90. The molecule has 0 saturated heterocycles. The third-order valence-corrected chi connectivity index (χ3v) is 3.83. The Bertz CT molecular complexity index is 723. The third kappa shape index (κ3) is 5.59. The Kier molecular flexibility index (Phi) is 8.16. The second-order valence-corrected chi connectivity index (χ2v) is 5.89. The zero-order chi connectivity index (χ0) is 16.2. The molecular formula is C18H23Cl2N3O2. The average molecular weight is 384 g/mol. The van der Waals surface area contributed by atoms with Crippen LogP contribution in [0.15, 0.2) is 36.4 Å². The van der Waals surface area contributed by atoms with Crippen molar-refractivity contribution in [1.29, 1.82) is 0 Å². The number of ether oxygens (including phenoxy) is 1. The van der Waals surface area contributed by atoms with Gasteiger partial charge in [-0.2, -0.15) is 0 Å². The summed E-state index contributed by atoms with van der Waals surface area (Å²) < 4.78 is 5.52. The molecule has 5 nitrogen and oxygen atoms in total. The minimum Gasteiger partial charge on any atom is -0.493 e. The summed E-state index contributed by atoms with van der Waals surface area (Å²) in [6.45, 7) is 2.63. The quantitative estimate of drug-likeness (QED) is 0.826. The maximum Gasteiger partial charge on any atom is 0.225 e. The molecule has 2 heterocycles. The van der Waals surface area contributed by atoms with Gasteiger partial charge in [0.2, 0.25) is 5.91 Å². The van der Waals surface area contributed by atoms with Crippen LogP contribution in [0.5, 0.6) is 5.75 Å². The molecule has 1 atom stereocenters. The smallest absolute Gasteiger partial charge is 0.225 e. The number of anilines is 1. The molecule has 7 heteroatoms. The van der Waals surface area contributed by atoms with E-state index in [9.17, 15) is 4.79 Å². The van der Waals surface area contributed by atoms with Gasteiger partial charge in [-0.05, 0) is 49.2 Å². The summed E-state index contributed by atoms with van der Waals surface area (Å²) in [4.78, 5) is 16.4. The highest BCUT2D eigenvalue weighted by Gasteiger charge is 2.13. The van der Waals surface area contributed by atoms with Crippen molar-refractivity contribution in [2.75, 3.05) is 11.9 Å². The van der Waals surface area contributed by atoms with E-state index in [1.807, 2.05) is 31.2 Å². The van der Waals surface area contributed by atoms with Crippen LogP contribution >= 0.6 is 24.8 Å². The number of nitrogens with one attached hydrogen (secondary N) is 1. The second-order valence-electron chi connectivity index (χ2n) is 5.89. The van der Waals surface area contributed by atoms with Gasteiger partial charge in [-0.1, -0.05) is 6.07 Å². The first-order valence-corrected chi connectivity index (χ1v) is 7.90. The van der Waals surface area contributed by atoms with Crippen LogP contribution in [0.1, 0.15) is 25.3 Å². The summed E-state index contributed by atoms with van der Waals surface area (Å²) in [7, 11) is 0. The lowest BCUT2D eigenvalue weighted by molar-refractivity contribution is -0.116. The predicted molar refractivity (Wildman–Crippen MR) is 105 cm³/mol. The van der Waals surface area contributed by atoms with Gasteiger partial charge in [-0.25, -0.2) is 4.98 Å². The lowest BCUT2D eigenvalue weighted by atomic mass is 10.1. The summed E-state index contributed by atoms with van der Waals surface area (Å²) in [6, 6.07) is 11.7. The van der Waals surface area contributed by atoms with Crippen molar-refractivity contribution in [3.8, 4) is 17.0 Å². The van der Waals surface area contributed by atoms with E-state index in [4.69, 9.17) is 10.5 Å². The standard InChI is InChI=1S/C18H21N3O2.2ClH/c1-12(19)5-8-18(22)21-17-4-2-3-15(20-17)13-6-7-16-14(11-13)9-10-23-16;;/h2-4,6-7,11-12H,5,8-10,19H2,1H3,(H,20,21,22);2*1H. The number of rotatable bonds is 5. The predicted octanol–water partition coefficient (Wildman–Crippen LogP) is 3.59. The van der Waals surface area contributed by atoms with Crippen LogP contribution in [0, 0.1) is 0 Å². The van der Waals surface area contributed by atoms with Crippen molar-refractivity contribution in [3.05, 3.63) is 42.0 Å². The number of nitrogens with zero attached hydrogens (tertiary/aromatic N) is 1. The average Bonchev–Trinajstić information content (AvgIpc) is 3.00. The molecule has 0 saturated carbocycles. The van der Waals surface area contributed by atoms with Crippen LogP contribution < -0.4 is 15.8 Å². The number of amides is 1. The van der Waals surface area contributed by atoms with Gasteiger partial charge in [0.05, 0.1) is 12.3 Å². The topological polar surface area (TPSA) is 77.2 Å². The fourth-order valence-corrected chi connectivity index (χ4v) is 2.58. The Morgan fingerprint density at radius 3 is 2.88 bits per heavy atom. The highest BCUT2D eigenvalue weighted by Crippen LogP contribution is 2.30. The molecule has 0 fully saturated rings. The minimum absolute atomic E-state index is 0. The summed E-state index contributed by atoms with van der Waals surface area (Å²) in [5.74, 6) is 1.46. The van der Waals surface area contributed by atoms with Crippen molar-refractivity contribution in [2.45, 2.75) is 32.2 Å². The SMILES string of the molecule is CC(N)CCC(=O)Nc1cccc(-c2ccc3c(c2)CCO3)n1.Cl.Cl. The largest absolute Gasteiger partial charge is 0.493 e. The Morgan fingerprint density at radius 2 is 2.12 bits per heavy atom. The van der Waals surface area contributed by atoms with Crippen LogP contribution in [-0.2, 0) is 11.2 Å². The van der Waals surface area contributed by atoms with Gasteiger partial charge in [-0.15, -0.1) is 24.8 Å². The number of hydrogen-bond donors (Lipinski definition) is 2. The summed E-state index contributed by atoms with van der Waals surface area (Å²) in [5.41, 5.74) is 8.74. The van der Waals surface area contributed by atoms with E-state index in [1.54, 1.807) is 6.07 Å². The van der Waals surface area contributed by atoms with E-state index in [1.165, 1.54) is 5.56 Å². The summed E-state index contributed by atoms with van der Waals surface area (Å²) >= 11 is 0. The number of benzene rings is 1. The van der Waals surface area contributed by atoms with Crippen molar-refractivity contribution in [2.24, 2.45) is 5.73 Å². The molecule has 1 unspecified atom stereocenters. The fraction of sp³-hybridized carbons (Fsp3) is 0.333. The Hall–Kier alpha value is -1.82. The van der Waals surface area contributed by atoms with Gasteiger partial charge in [0, 0.05) is 24.4 Å². The first-order chi connectivity index (χ1) is 11.1. The molecule has 136 valence electrons. The second kappa shape index (κ2) is 9.61. The maximum absolute atomic E-state index is 11.9. The third-order valence-electron chi connectivity index (χ3n) is 3.83. The molecule has 0 aliphatic carbocycles. The van der Waals surface area contributed by atoms with Gasteiger partial charge >= 0.3 is 0 Å². The number of aromatic nitrogens is 1. The molecule has 0 bridgehead atoms. The zero-order valence-electron chi connectivity index (χ0n) is 14.0. The number of hydrogen-bond acceptors (Lipinski definition) is 4. The molecule has 2 aromatic rings. The minimum atomic E-state index is -0.0608. The van der Waals surface area contributed by atoms with Gasteiger partial charge in [-0.3, -0.25) is 4.79 Å². The van der Waals surface area contributed by atoms with E-state index < -0.39 is 0 Å². The van der Waals surface area contributed by atoms with Gasteiger partial charge in [0.1, 0.15) is 11.6 Å². The van der Waals surface area contributed by atoms with Gasteiger partial charge < -0.3 is 15.8 Å².